The Morgan fingerprint density at radius 3 is 2.18 bits per heavy atom. The SMILES string of the molecule is CC(C)=C1CC(=O)N(c2ccc(C)cc2)C1=O. The zero-order valence-electron chi connectivity index (χ0n) is 10.3. The molecule has 0 aromatic heterocycles. The first-order chi connectivity index (χ1) is 8.00. The molecule has 88 valence electrons. The first-order valence-electron chi connectivity index (χ1n) is 5.61. The number of nitrogens with zero attached hydrogens (tertiary/aromatic N) is 1. The second kappa shape index (κ2) is 4.17. The van der Waals surface area contributed by atoms with Crippen LogP contribution in [0.4, 0.5) is 5.69 Å². The summed E-state index contributed by atoms with van der Waals surface area (Å²) < 4.78 is 0. The van der Waals surface area contributed by atoms with Crippen LogP contribution < -0.4 is 4.90 Å². The van der Waals surface area contributed by atoms with Crippen molar-refractivity contribution in [1.82, 2.24) is 0 Å². The monoisotopic (exact) mass is 229 g/mol. The maximum Gasteiger partial charge on any atom is 0.261 e. The Balaban J connectivity index is 2.41. The van der Waals surface area contributed by atoms with Gasteiger partial charge in [-0.25, -0.2) is 4.90 Å². The fourth-order valence-electron chi connectivity index (χ4n) is 1.90. The van der Waals surface area contributed by atoms with Crippen LogP contribution in [0.1, 0.15) is 25.8 Å². The highest BCUT2D eigenvalue weighted by atomic mass is 16.2. The van der Waals surface area contributed by atoms with Gasteiger partial charge in [0, 0.05) is 5.57 Å². The number of hydrogen-bond donors (Lipinski definition) is 0. The summed E-state index contributed by atoms with van der Waals surface area (Å²) in [5, 5.41) is 0. The topological polar surface area (TPSA) is 37.4 Å². The van der Waals surface area contributed by atoms with Gasteiger partial charge in [-0.1, -0.05) is 23.3 Å². The van der Waals surface area contributed by atoms with E-state index in [4.69, 9.17) is 0 Å². The van der Waals surface area contributed by atoms with Gasteiger partial charge in [0.15, 0.2) is 0 Å². The van der Waals surface area contributed by atoms with Crippen molar-refractivity contribution < 1.29 is 9.59 Å². The van der Waals surface area contributed by atoms with Gasteiger partial charge in [0.25, 0.3) is 5.91 Å². The van der Waals surface area contributed by atoms with Crippen molar-refractivity contribution in [3.05, 3.63) is 41.0 Å². The number of carbonyl (C=O) groups excluding carboxylic acids is 2. The lowest BCUT2D eigenvalue weighted by Gasteiger charge is -2.13. The molecule has 1 aliphatic heterocycles. The van der Waals surface area contributed by atoms with Crippen LogP contribution in [0.3, 0.4) is 0 Å². The van der Waals surface area contributed by atoms with Crippen molar-refractivity contribution in [1.29, 1.82) is 0 Å². The van der Waals surface area contributed by atoms with E-state index in [1.54, 1.807) is 12.1 Å². The molecule has 0 radical (unpaired) electrons. The van der Waals surface area contributed by atoms with Crippen molar-refractivity contribution in [3.8, 4) is 0 Å². The Bertz CT molecular complexity index is 508. The van der Waals surface area contributed by atoms with Crippen molar-refractivity contribution in [2.24, 2.45) is 0 Å². The molecule has 3 nitrogen and oxygen atoms in total. The van der Waals surface area contributed by atoms with E-state index in [1.165, 1.54) is 4.90 Å². The van der Waals surface area contributed by atoms with Crippen LogP contribution >= 0.6 is 0 Å². The number of aryl methyl sites for hydroxylation is 1. The zero-order valence-corrected chi connectivity index (χ0v) is 10.3. The summed E-state index contributed by atoms with van der Waals surface area (Å²) in [6.45, 7) is 5.69. The Morgan fingerprint density at radius 1 is 1.12 bits per heavy atom. The molecular formula is C14H15NO2. The Kier molecular flexibility index (Phi) is 2.84. The predicted molar refractivity (Wildman–Crippen MR) is 66.7 cm³/mol. The first-order valence-corrected chi connectivity index (χ1v) is 5.61. The van der Waals surface area contributed by atoms with Crippen LogP contribution in [0, 0.1) is 6.92 Å². The van der Waals surface area contributed by atoms with E-state index in [1.807, 2.05) is 32.9 Å². The molecule has 0 spiro atoms. The van der Waals surface area contributed by atoms with Crippen molar-refractivity contribution in [3.63, 3.8) is 0 Å². The average Bonchev–Trinajstić information content (AvgIpc) is 2.56. The lowest BCUT2D eigenvalue weighted by Crippen LogP contribution is -2.28. The number of hydrogen-bond acceptors (Lipinski definition) is 2. The summed E-state index contributed by atoms with van der Waals surface area (Å²) in [6, 6.07) is 7.41. The molecule has 0 unspecified atom stereocenters. The number of rotatable bonds is 1. The van der Waals surface area contributed by atoms with Crippen LogP contribution in [0.15, 0.2) is 35.4 Å². The molecule has 1 heterocycles. The van der Waals surface area contributed by atoms with E-state index in [9.17, 15) is 9.59 Å². The highest BCUT2D eigenvalue weighted by molar-refractivity contribution is 6.28. The highest BCUT2D eigenvalue weighted by Gasteiger charge is 2.35. The van der Waals surface area contributed by atoms with Crippen LogP contribution in [0.2, 0.25) is 0 Å². The van der Waals surface area contributed by atoms with Gasteiger partial charge < -0.3 is 0 Å². The molecule has 1 saturated heterocycles. The second-order valence-electron chi connectivity index (χ2n) is 4.53. The Hall–Kier alpha value is -1.90. The summed E-state index contributed by atoms with van der Waals surface area (Å²) >= 11 is 0. The second-order valence-corrected chi connectivity index (χ2v) is 4.53. The number of amides is 2. The zero-order chi connectivity index (χ0) is 12.6. The molecule has 0 atom stereocenters. The van der Waals surface area contributed by atoms with E-state index in [2.05, 4.69) is 0 Å². The minimum atomic E-state index is -0.182. The van der Waals surface area contributed by atoms with Crippen LogP contribution in [-0.4, -0.2) is 11.8 Å². The maximum absolute atomic E-state index is 12.1. The van der Waals surface area contributed by atoms with Gasteiger partial charge in [-0.3, -0.25) is 9.59 Å². The summed E-state index contributed by atoms with van der Waals surface area (Å²) in [4.78, 5) is 25.2. The van der Waals surface area contributed by atoms with Gasteiger partial charge in [-0.2, -0.15) is 0 Å². The minimum absolute atomic E-state index is 0.143. The lowest BCUT2D eigenvalue weighted by atomic mass is 10.1. The predicted octanol–water partition coefficient (Wildman–Crippen LogP) is 2.59. The molecule has 1 aromatic carbocycles. The van der Waals surface area contributed by atoms with Crippen LogP contribution in [0.25, 0.3) is 0 Å². The minimum Gasteiger partial charge on any atom is -0.274 e. The standard InChI is InChI=1S/C14H15NO2/c1-9(2)12-8-13(16)15(14(12)17)11-6-4-10(3)5-7-11/h4-7H,8H2,1-3H3. The number of carbonyl (C=O) groups is 2. The van der Waals surface area contributed by atoms with Crippen molar-refractivity contribution >= 4 is 17.5 Å². The molecule has 0 aliphatic carbocycles. The smallest absolute Gasteiger partial charge is 0.261 e. The molecule has 1 aliphatic rings. The van der Waals surface area contributed by atoms with Gasteiger partial charge >= 0.3 is 0 Å². The van der Waals surface area contributed by atoms with Crippen LogP contribution in [-0.2, 0) is 9.59 Å². The van der Waals surface area contributed by atoms with Gasteiger partial charge in [0.2, 0.25) is 5.91 Å². The molecule has 17 heavy (non-hydrogen) atoms. The van der Waals surface area contributed by atoms with Gasteiger partial charge in [0.05, 0.1) is 12.1 Å². The number of imide groups is 1. The third kappa shape index (κ3) is 2.00. The number of anilines is 1. The molecule has 0 bridgehead atoms. The molecular weight excluding hydrogens is 214 g/mol. The number of allylic oxidation sites excluding steroid dienone is 1. The fraction of sp³-hybridized carbons (Fsp3) is 0.286. The summed E-state index contributed by atoms with van der Waals surface area (Å²) in [5.41, 5.74) is 3.30. The Labute approximate surface area is 101 Å². The average molecular weight is 229 g/mol. The third-order valence-electron chi connectivity index (χ3n) is 2.93. The number of benzene rings is 1. The maximum atomic E-state index is 12.1. The summed E-state index contributed by atoms with van der Waals surface area (Å²) in [5.74, 6) is -0.325. The molecule has 0 N–H and O–H groups in total. The van der Waals surface area contributed by atoms with Crippen molar-refractivity contribution in [2.45, 2.75) is 27.2 Å². The Morgan fingerprint density at radius 2 is 1.71 bits per heavy atom. The van der Waals surface area contributed by atoms with Gasteiger partial charge in [-0.05, 0) is 32.9 Å². The molecule has 3 heteroatoms. The third-order valence-corrected chi connectivity index (χ3v) is 2.93. The summed E-state index contributed by atoms with van der Waals surface area (Å²) in [6.07, 6.45) is 0.217. The van der Waals surface area contributed by atoms with E-state index < -0.39 is 0 Å². The highest BCUT2D eigenvalue weighted by Crippen LogP contribution is 2.27. The molecule has 2 amide bonds. The van der Waals surface area contributed by atoms with E-state index in [0.29, 0.717) is 11.3 Å². The fourth-order valence-corrected chi connectivity index (χ4v) is 1.90. The molecule has 2 rings (SSSR count). The first kappa shape index (κ1) is 11.6. The normalized spacial score (nSPS) is 15.7. The van der Waals surface area contributed by atoms with Gasteiger partial charge in [-0.15, -0.1) is 0 Å². The van der Waals surface area contributed by atoms with Gasteiger partial charge in [0.1, 0.15) is 0 Å². The largest absolute Gasteiger partial charge is 0.274 e. The quantitative estimate of drug-likeness (QED) is 0.548. The summed E-state index contributed by atoms with van der Waals surface area (Å²) in [7, 11) is 0. The van der Waals surface area contributed by atoms with E-state index >= 15 is 0 Å². The molecule has 1 aromatic rings. The van der Waals surface area contributed by atoms with E-state index in [0.717, 1.165) is 11.1 Å². The van der Waals surface area contributed by atoms with Crippen LogP contribution in [0.5, 0.6) is 0 Å². The molecule has 1 fully saturated rings. The lowest BCUT2D eigenvalue weighted by molar-refractivity contribution is -0.120. The van der Waals surface area contributed by atoms with E-state index in [-0.39, 0.29) is 18.2 Å². The molecule has 0 saturated carbocycles. The van der Waals surface area contributed by atoms with Crippen molar-refractivity contribution in [2.75, 3.05) is 4.90 Å².